The number of nitrogens with zero attached hydrogens (tertiary/aromatic N) is 4. The second kappa shape index (κ2) is 10.1. The van der Waals surface area contributed by atoms with Crippen molar-refractivity contribution in [2.45, 2.75) is 25.1 Å². The van der Waals surface area contributed by atoms with E-state index >= 15 is 0 Å². The van der Waals surface area contributed by atoms with Crippen LogP contribution in [0.5, 0.6) is 5.88 Å². The van der Waals surface area contributed by atoms with Crippen LogP contribution in [0.1, 0.15) is 18.4 Å². The van der Waals surface area contributed by atoms with E-state index in [9.17, 15) is 13.2 Å². The highest BCUT2D eigenvalue weighted by atomic mass is 19.4. The van der Waals surface area contributed by atoms with Crippen molar-refractivity contribution < 1.29 is 17.9 Å². The fraction of sp³-hybridized carbons (Fsp3) is 0.450. The van der Waals surface area contributed by atoms with Crippen LogP contribution in [0.15, 0.2) is 47.7 Å². The molecular formula is C20H25F3N6O. The Morgan fingerprint density at radius 3 is 2.60 bits per heavy atom. The first kappa shape index (κ1) is 21.7. The Hall–Kier alpha value is -3.04. The van der Waals surface area contributed by atoms with E-state index < -0.39 is 11.7 Å². The number of aliphatic imine (C=N–C) groups is 1. The monoisotopic (exact) mass is 422 g/mol. The van der Waals surface area contributed by atoms with Gasteiger partial charge in [0.2, 0.25) is 5.88 Å². The lowest BCUT2D eigenvalue weighted by atomic mass is 10.1. The van der Waals surface area contributed by atoms with Crippen LogP contribution in [0.2, 0.25) is 0 Å². The first-order valence-corrected chi connectivity index (χ1v) is 9.75. The topological polar surface area (TPSA) is 74.7 Å². The average molecular weight is 422 g/mol. The molecular weight excluding hydrogens is 397 g/mol. The number of ether oxygens (including phenoxy) is 1. The van der Waals surface area contributed by atoms with E-state index in [-0.39, 0.29) is 12.5 Å². The normalized spacial score (nSPS) is 15.7. The molecule has 0 unspecified atom stereocenters. The van der Waals surface area contributed by atoms with Crippen LogP contribution in [0.3, 0.4) is 0 Å². The maximum atomic E-state index is 12.5. The van der Waals surface area contributed by atoms with Crippen molar-refractivity contribution >= 4 is 11.8 Å². The molecule has 162 valence electrons. The van der Waals surface area contributed by atoms with Gasteiger partial charge in [-0.15, -0.1) is 0 Å². The number of nitrogens with one attached hydrogen (secondary N) is 2. The number of hydrogen-bond donors (Lipinski definition) is 2. The Morgan fingerprint density at radius 1 is 1.20 bits per heavy atom. The number of alkyl halides is 3. The second-order valence-corrected chi connectivity index (χ2v) is 6.82. The van der Waals surface area contributed by atoms with Crippen molar-refractivity contribution in [3.05, 3.63) is 48.3 Å². The first-order chi connectivity index (χ1) is 14.5. The van der Waals surface area contributed by atoms with Crippen molar-refractivity contribution in [1.29, 1.82) is 0 Å². The van der Waals surface area contributed by atoms with Gasteiger partial charge in [0.05, 0.1) is 12.1 Å². The zero-order valence-electron chi connectivity index (χ0n) is 16.7. The van der Waals surface area contributed by atoms with E-state index in [1.165, 1.54) is 6.07 Å². The lowest BCUT2D eigenvalue weighted by Gasteiger charge is -2.33. The third kappa shape index (κ3) is 6.23. The molecule has 1 aliphatic heterocycles. The Bertz CT molecular complexity index is 806. The average Bonchev–Trinajstić information content (AvgIpc) is 2.76. The SMILES string of the molecule is CN=C(NCCOc1ccc(C(F)(F)F)cn1)NC1CCN(c2ccccn2)CC1. The predicted octanol–water partition coefficient (Wildman–Crippen LogP) is 2.71. The van der Waals surface area contributed by atoms with Crippen molar-refractivity contribution in [1.82, 2.24) is 20.6 Å². The van der Waals surface area contributed by atoms with Gasteiger partial charge in [0, 0.05) is 44.6 Å². The van der Waals surface area contributed by atoms with Gasteiger partial charge in [-0.25, -0.2) is 9.97 Å². The van der Waals surface area contributed by atoms with E-state index in [1.807, 2.05) is 18.2 Å². The molecule has 0 aromatic carbocycles. The van der Waals surface area contributed by atoms with Gasteiger partial charge < -0.3 is 20.3 Å². The number of aromatic nitrogens is 2. The largest absolute Gasteiger partial charge is 0.476 e. The van der Waals surface area contributed by atoms with Crippen molar-refractivity contribution in [3.63, 3.8) is 0 Å². The molecule has 3 heterocycles. The molecule has 10 heteroatoms. The van der Waals surface area contributed by atoms with Gasteiger partial charge in [0.25, 0.3) is 0 Å². The van der Waals surface area contributed by atoms with Gasteiger partial charge in [0.15, 0.2) is 5.96 Å². The standard InChI is InChI=1S/C20H25F3N6O/c1-24-19(26-10-13-30-18-6-5-15(14-27-18)20(21,22)23)28-16-7-11-29(12-8-16)17-4-2-3-9-25-17/h2-6,9,14,16H,7-8,10-13H2,1H3,(H2,24,26,28). The van der Waals surface area contributed by atoms with E-state index in [4.69, 9.17) is 4.74 Å². The van der Waals surface area contributed by atoms with Gasteiger partial charge in [0.1, 0.15) is 12.4 Å². The maximum Gasteiger partial charge on any atom is 0.417 e. The zero-order valence-corrected chi connectivity index (χ0v) is 16.7. The van der Waals surface area contributed by atoms with Crippen LogP contribution >= 0.6 is 0 Å². The predicted molar refractivity (Wildman–Crippen MR) is 109 cm³/mol. The van der Waals surface area contributed by atoms with Crippen LogP contribution in [-0.4, -0.2) is 55.3 Å². The molecule has 0 saturated carbocycles. The van der Waals surface area contributed by atoms with Gasteiger partial charge in [-0.2, -0.15) is 13.2 Å². The van der Waals surface area contributed by atoms with Gasteiger partial charge in [-0.05, 0) is 31.0 Å². The van der Waals surface area contributed by atoms with Gasteiger partial charge in [-0.3, -0.25) is 4.99 Å². The molecule has 2 aromatic rings. The Labute approximate surface area is 173 Å². The summed E-state index contributed by atoms with van der Waals surface area (Å²) in [6.07, 6.45) is 0.0831. The molecule has 2 aromatic heterocycles. The van der Waals surface area contributed by atoms with Crippen molar-refractivity contribution in [2.24, 2.45) is 4.99 Å². The first-order valence-electron chi connectivity index (χ1n) is 9.75. The molecule has 7 nitrogen and oxygen atoms in total. The number of pyridine rings is 2. The maximum absolute atomic E-state index is 12.5. The summed E-state index contributed by atoms with van der Waals surface area (Å²) in [5.41, 5.74) is -0.799. The van der Waals surface area contributed by atoms with Crippen LogP contribution in [0, 0.1) is 0 Å². The van der Waals surface area contributed by atoms with Crippen LogP contribution in [-0.2, 0) is 6.18 Å². The van der Waals surface area contributed by atoms with E-state index in [1.54, 1.807) is 13.2 Å². The summed E-state index contributed by atoms with van der Waals surface area (Å²) < 4.78 is 43.0. The quantitative estimate of drug-likeness (QED) is 0.424. The molecule has 1 saturated heterocycles. The lowest BCUT2D eigenvalue weighted by Crippen LogP contribution is -2.49. The highest BCUT2D eigenvalue weighted by Crippen LogP contribution is 2.29. The molecule has 0 radical (unpaired) electrons. The fourth-order valence-corrected chi connectivity index (χ4v) is 3.14. The minimum Gasteiger partial charge on any atom is -0.476 e. The number of anilines is 1. The summed E-state index contributed by atoms with van der Waals surface area (Å²) in [5.74, 6) is 1.80. The number of hydrogen-bond acceptors (Lipinski definition) is 5. The zero-order chi connectivity index (χ0) is 21.4. The van der Waals surface area contributed by atoms with Crippen molar-refractivity contribution in [2.75, 3.05) is 38.2 Å². The molecule has 0 atom stereocenters. The summed E-state index contributed by atoms with van der Waals surface area (Å²) >= 11 is 0. The molecule has 2 N–H and O–H groups in total. The highest BCUT2D eigenvalue weighted by molar-refractivity contribution is 5.80. The molecule has 0 amide bonds. The van der Waals surface area contributed by atoms with E-state index in [2.05, 4.69) is 30.5 Å². The Balaban J connectivity index is 1.36. The van der Waals surface area contributed by atoms with E-state index in [0.29, 0.717) is 18.5 Å². The number of rotatable bonds is 6. The number of piperidine rings is 1. The number of guanidine groups is 1. The van der Waals surface area contributed by atoms with E-state index in [0.717, 1.165) is 44.0 Å². The van der Waals surface area contributed by atoms with Crippen molar-refractivity contribution in [3.8, 4) is 5.88 Å². The van der Waals surface area contributed by atoms with Crippen LogP contribution in [0.4, 0.5) is 19.0 Å². The molecule has 0 aliphatic carbocycles. The molecule has 0 bridgehead atoms. The van der Waals surface area contributed by atoms with Crippen LogP contribution < -0.4 is 20.3 Å². The summed E-state index contributed by atoms with van der Waals surface area (Å²) in [7, 11) is 1.69. The third-order valence-corrected chi connectivity index (χ3v) is 4.74. The number of halogens is 3. The lowest BCUT2D eigenvalue weighted by molar-refractivity contribution is -0.137. The molecule has 30 heavy (non-hydrogen) atoms. The minimum atomic E-state index is -4.40. The summed E-state index contributed by atoms with van der Waals surface area (Å²) in [4.78, 5) is 14.6. The molecule has 3 rings (SSSR count). The minimum absolute atomic E-state index is 0.148. The molecule has 0 spiro atoms. The molecule has 1 aliphatic rings. The van der Waals surface area contributed by atoms with Crippen LogP contribution in [0.25, 0.3) is 0 Å². The Kier molecular flexibility index (Phi) is 7.31. The van der Waals surface area contributed by atoms with Gasteiger partial charge >= 0.3 is 6.18 Å². The fourth-order valence-electron chi connectivity index (χ4n) is 3.14. The second-order valence-electron chi connectivity index (χ2n) is 6.82. The third-order valence-electron chi connectivity index (χ3n) is 4.74. The Morgan fingerprint density at radius 2 is 2.00 bits per heavy atom. The molecule has 1 fully saturated rings. The summed E-state index contributed by atoms with van der Waals surface area (Å²) in [5, 5.41) is 6.54. The summed E-state index contributed by atoms with van der Waals surface area (Å²) in [6, 6.07) is 8.37. The van der Waals surface area contributed by atoms with Gasteiger partial charge in [-0.1, -0.05) is 6.07 Å². The highest BCUT2D eigenvalue weighted by Gasteiger charge is 2.30. The summed E-state index contributed by atoms with van der Waals surface area (Å²) in [6.45, 7) is 2.51. The smallest absolute Gasteiger partial charge is 0.417 e.